The molecule has 0 aliphatic carbocycles. The number of hydrogen-bond donors (Lipinski definition) is 1. The van der Waals surface area contributed by atoms with E-state index in [9.17, 15) is 4.79 Å². The van der Waals surface area contributed by atoms with Crippen LogP contribution in [0.3, 0.4) is 0 Å². The number of rotatable bonds is 5. The molecule has 1 amide bonds. The Morgan fingerprint density at radius 2 is 1.77 bits per heavy atom. The fourth-order valence-corrected chi connectivity index (χ4v) is 3.56. The number of nitrogens with zero attached hydrogens (tertiary/aromatic N) is 2. The lowest BCUT2D eigenvalue weighted by Crippen LogP contribution is -2.42. The number of hydrazone groups is 1. The van der Waals surface area contributed by atoms with Crippen molar-refractivity contribution in [2.75, 3.05) is 26.3 Å². The molecule has 2 aromatic rings. The third kappa shape index (κ3) is 4.58. The van der Waals surface area contributed by atoms with E-state index in [1.807, 2.05) is 43.3 Å². The third-order valence-electron chi connectivity index (χ3n) is 4.37. The van der Waals surface area contributed by atoms with Crippen molar-refractivity contribution in [3.8, 4) is 0 Å². The van der Waals surface area contributed by atoms with Crippen molar-refractivity contribution in [3.05, 3.63) is 70.2 Å². The van der Waals surface area contributed by atoms with Gasteiger partial charge >= 0.3 is 0 Å². The molecule has 1 saturated heterocycles. The molecule has 26 heavy (non-hydrogen) atoms. The van der Waals surface area contributed by atoms with Crippen molar-refractivity contribution in [1.29, 1.82) is 0 Å². The predicted octanol–water partition coefficient (Wildman–Crippen LogP) is 3.63. The number of nitrogens with one attached hydrogen (secondary N) is 1. The van der Waals surface area contributed by atoms with E-state index in [2.05, 4.69) is 43.5 Å². The quantitative estimate of drug-likeness (QED) is 0.599. The average Bonchev–Trinajstić information content (AvgIpc) is 2.68. The molecule has 5 nitrogen and oxygen atoms in total. The summed E-state index contributed by atoms with van der Waals surface area (Å²) in [6.45, 7) is 5.04. The van der Waals surface area contributed by atoms with Crippen molar-refractivity contribution in [2.24, 2.45) is 5.10 Å². The minimum atomic E-state index is -0.231. The maximum atomic E-state index is 12.4. The van der Waals surface area contributed by atoms with E-state index in [-0.39, 0.29) is 11.9 Å². The molecule has 1 N–H and O–H groups in total. The van der Waals surface area contributed by atoms with Crippen LogP contribution >= 0.6 is 15.9 Å². The lowest BCUT2D eigenvalue weighted by Gasteiger charge is -2.34. The van der Waals surface area contributed by atoms with Crippen LogP contribution in [0.25, 0.3) is 0 Å². The average molecular weight is 416 g/mol. The Morgan fingerprint density at radius 1 is 1.12 bits per heavy atom. The summed E-state index contributed by atoms with van der Waals surface area (Å²) in [5.41, 5.74) is 5.26. The van der Waals surface area contributed by atoms with E-state index in [4.69, 9.17) is 4.74 Å². The Bertz CT molecular complexity index is 774. The zero-order valence-electron chi connectivity index (χ0n) is 14.7. The van der Waals surface area contributed by atoms with E-state index < -0.39 is 0 Å². The molecule has 1 heterocycles. The number of carbonyl (C=O) groups excluding carboxylic acids is 1. The van der Waals surface area contributed by atoms with Crippen LogP contribution in [0, 0.1) is 0 Å². The van der Waals surface area contributed by atoms with Gasteiger partial charge in [0.25, 0.3) is 5.91 Å². The maximum Gasteiger partial charge on any atom is 0.272 e. The van der Waals surface area contributed by atoms with Crippen LogP contribution in [0.15, 0.2) is 64.2 Å². The largest absolute Gasteiger partial charge is 0.379 e. The van der Waals surface area contributed by atoms with Gasteiger partial charge in [0.15, 0.2) is 0 Å². The third-order valence-corrected chi connectivity index (χ3v) is 5.07. The Kier molecular flexibility index (Phi) is 6.55. The highest BCUT2D eigenvalue weighted by molar-refractivity contribution is 9.10. The second-order valence-corrected chi connectivity index (χ2v) is 6.99. The summed E-state index contributed by atoms with van der Waals surface area (Å²) in [7, 11) is 0. The van der Waals surface area contributed by atoms with Gasteiger partial charge in [-0.05, 0) is 40.5 Å². The van der Waals surface area contributed by atoms with Crippen LogP contribution in [0.1, 0.15) is 28.9 Å². The van der Waals surface area contributed by atoms with E-state index in [0.29, 0.717) is 18.8 Å². The van der Waals surface area contributed by atoms with Gasteiger partial charge in [0.05, 0.1) is 30.5 Å². The second kappa shape index (κ2) is 9.07. The summed E-state index contributed by atoms with van der Waals surface area (Å²) < 4.78 is 6.23. The molecule has 1 atom stereocenters. The Hall–Kier alpha value is -2.02. The molecule has 1 aliphatic heterocycles. The Morgan fingerprint density at radius 3 is 2.46 bits per heavy atom. The first-order valence-corrected chi connectivity index (χ1v) is 9.42. The number of benzene rings is 2. The van der Waals surface area contributed by atoms with E-state index in [1.165, 1.54) is 0 Å². The molecule has 1 aliphatic rings. The van der Waals surface area contributed by atoms with Gasteiger partial charge < -0.3 is 4.74 Å². The zero-order chi connectivity index (χ0) is 18.4. The number of ether oxygens (including phenoxy) is 1. The highest BCUT2D eigenvalue weighted by Gasteiger charge is 2.25. The standard InChI is InChI=1S/C20H22BrN3O2/c1-15(22-23-20(25)17-9-5-6-10-18(17)21)19(16-7-3-2-4-8-16)24-11-13-26-14-12-24/h2-10,19H,11-14H2,1H3,(H,23,25)/b22-15-/t19-/m1/s1. The zero-order valence-corrected chi connectivity index (χ0v) is 16.3. The Labute approximate surface area is 162 Å². The summed E-state index contributed by atoms with van der Waals surface area (Å²) in [6, 6.07) is 17.6. The molecule has 0 radical (unpaired) electrons. The normalized spacial score (nSPS) is 16.9. The first-order chi connectivity index (χ1) is 12.7. The molecule has 0 unspecified atom stereocenters. The number of carbonyl (C=O) groups is 1. The minimum absolute atomic E-state index is 0.0135. The first-order valence-electron chi connectivity index (χ1n) is 8.62. The lowest BCUT2D eigenvalue weighted by molar-refractivity contribution is 0.0285. The van der Waals surface area contributed by atoms with Crippen LogP contribution in [0.5, 0.6) is 0 Å². The van der Waals surface area contributed by atoms with Crippen LogP contribution in [0.2, 0.25) is 0 Å². The van der Waals surface area contributed by atoms with Crippen LogP contribution < -0.4 is 5.43 Å². The molecule has 0 spiro atoms. The molecule has 3 rings (SSSR count). The van der Waals surface area contributed by atoms with Gasteiger partial charge in [-0.15, -0.1) is 0 Å². The predicted molar refractivity (Wildman–Crippen MR) is 106 cm³/mol. The molecule has 6 heteroatoms. The van der Waals surface area contributed by atoms with Crippen LogP contribution in [-0.2, 0) is 4.74 Å². The maximum absolute atomic E-state index is 12.4. The van der Waals surface area contributed by atoms with Gasteiger partial charge in [0.1, 0.15) is 0 Å². The van der Waals surface area contributed by atoms with Crippen molar-refractivity contribution < 1.29 is 9.53 Å². The van der Waals surface area contributed by atoms with Gasteiger partial charge in [-0.2, -0.15) is 5.10 Å². The van der Waals surface area contributed by atoms with Crippen LogP contribution in [-0.4, -0.2) is 42.8 Å². The molecule has 0 bridgehead atoms. The monoisotopic (exact) mass is 415 g/mol. The van der Waals surface area contributed by atoms with Gasteiger partial charge in [-0.3, -0.25) is 9.69 Å². The van der Waals surface area contributed by atoms with Gasteiger partial charge in [-0.25, -0.2) is 5.43 Å². The summed E-state index contributed by atoms with van der Waals surface area (Å²) in [5, 5.41) is 4.41. The van der Waals surface area contributed by atoms with E-state index in [0.717, 1.165) is 28.8 Å². The summed E-state index contributed by atoms with van der Waals surface area (Å²) in [6.07, 6.45) is 0. The number of halogens is 1. The summed E-state index contributed by atoms with van der Waals surface area (Å²) in [4.78, 5) is 14.8. The first kappa shape index (κ1) is 18.8. The number of morpholine rings is 1. The van der Waals surface area contributed by atoms with Crippen molar-refractivity contribution >= 4 is 27.5 Å². The SMILES string of the molecule is C/C(=N/NC(=O)c1ccccc1Br)[C@H](c1ccccc1)N1CCOCC1. The molecular formula is C20H22BrN3O2. The number of amides is 1. The smallest absolute Gasteiger partial charge is 0.272 e. The topological polar surface area (TPSA) is 53.9 Å². The molecular weight excluding hydrogens is 394 g/mol. The van der Waals surface area contributed by atoms with E-state index >= 15 is 0 Å². The van der Waals surface area contributed by atoms with Crippen LogP contribution in [0.4, 0.5) is 0 Å². The summed E-state index contributed by atoms with van der Waals surface area (Å²) >= 11 is 3.40. The van der Waals surface area contributed by atoms with Crippen molar-refractivity contribution in [3.63, 3.8) is 0 Å². The van der Waals surface area contributed by atoms with Gasteiger partial charge in [0, 0.05) is 17.6 Å². The molecule has 1 fully saturated rings. The molecule has 136 valence electrons. The van der Waals surface area contributed by atoms with E-state index in [1.54, 1.807) is 6.07 Å². The fraction of sp³-hybridized carbons (Fsp3) is 0.300. The van der Waals surface area contributed by atoms with Crippen molar-refractivity contribution in [2.45, 2.75) is 13.0 Å². The minimum Gasteiger partial charge on any atom is -0.379 e. The van der Waals surface area contributed by atoms with Gasteiger partial charge in [-0.1, -0.05) is 42.5 Å². The lowest BCUT2D eigenvalue weighted by atomic mass is 10.0. The number of hydrogen-bond acceptors (Lipinski definition) is 4. The van der Waals surface area contributed by atoms with Crippen molar-refractivity contribution in [1.82, 2.24) is 10.3 Å². The molecule has 2 aromatic carbocycles. The fourth-order valence-electron chi connectivity index (χ4n) is 3.09. The second-order valence-electron chi connectivity index (χ2n) is 6.14. The highest BCUT2D eigenvalue weighted by Crippen LogP contribution is 2.23. The summed E-state index contributed by atoms with van der Waals surface area (Å²) in [5.74, 6) is -0.231. The highest BCUT2D eigenvalue weighted by atomic mass is 79.9. The Balaban J connectivity index is 1.80. The van der Waals surface area contributed by atoms with Gasteiger partial charge in [0.2, 0.25) is 0 Å². The molecule has 0 saturated carbocycles. The molecule has 0 aromatic heterocycles.